The van der Waals surface area contributed by atoms with Crippen LogP contribution in [0.1, 0.15) is 23.2 Å². The van der Waals surface area contributed by atoms with E-state index in [1.165, 1.54) is 25.3 Å². The minimum absolute atomic E-state index is 0. The van der Waals surface area contributed by atoms with Crippen LogP contribution in [0.15, 0.2) is 27.6 Å². The highest BCUT2D eigenvalue weighted by Crippen LogP contribution is 2.33. The Labute approximate surface area is 144 Å². The fourth-order valence-corrected chi connectivity index (χ4v) is 4.46. The summed E-state index contributed by atoms with van der Waals surface area (Å²) in [6.45, 7) is 0.266. The van der Waals surface area contributed by atoms with Gasteiger partial charge in [0.2, 0.25) is 10.0 Å². The van der Waals surface area contributed by atoms with Crippen LogP contribution in [0.25, 0.3) is 0 Å². The summed E-state index contributed by atoms with van der Waals surface area (Å²) < 4.78 is 32.3. The van der Waals surface area contributed by atoms with Gasteiger partial charge in [-0.05, 0) is 52.9 Å². The number of hydrogen-bond donors (Lipinski definition) is 2. The van der Waals surface area contributed by atoms with Crippen LogP contribution in [0.5, 0.6) is 0 Å². The minimum atomic E-state index is -3.69. The fourth-order valence-electron chi connectivity index (χ4n) is 2.06. The van der Waals surface area contributed by atoms with Gasteiger partial charge in [0, 0.05) is 17.1 Å². The Morgan fingerprint density at radius 1 is 1.50 bits per heavy atom. The largest absolute Gasteiger partial charge is 0.465 e. The molecule has 3 N–H and O–H groups in total. The number of halogens is 2. The van der Waals surface area contributed by atoms with E-state index in [9.17, 15) is 13.2 Å². The summed E-state index contributed by atoms with van der Waals surface area (Å²) in [7, 11) is -2.42. The molecule has 0 saturated heterocycles. The molecule has 2 rings (SSSR count). The standard InChI is InChI=1S/C13H17BrN2O4S.ClH/c1-20-13(17)9-4-5-12(10(14)6-9)21(18,19)16-11(7-15)8-2-3-8;/h4-6,8,11,16H,2-3,7,15H2,1H3;1H. The average Bonchev–Trinajstić information content (AvgIpc) is 3.28. The molecule has 1 aromatic carbocycles. The van der Waals surface area contributed by atoms with Crippen molar-refractivity contribution in [3.8, 4) is 0 Å². The van der Waals surface area contributed by atoms with Crippen LogP contribution < -0.4 is 10.5 Å². The van der Waals surface area contributed by atoms with Crippen LogP contribution in [-0.4, -0.2) is 34.1 Å². The van der Waals surface area contributed by atoms with Gasteiger partial charge in [-0.15, -0.1) is 12.4 Å². The van der Waals surface area contributed by atoms with Gasteiger partial charge in [0.1, 0.15) is 0 Å². The van der Waals surface area contributed by atoms with Crippen molar-refractivity contribution in [1.82, 2.24) is 4.72 Å². The first-order valence-electron chi connectivity index (χ1n) is 6.49. The number of nitrogens with two attached hydrogens (primary N) is 1. The van der Waals surface area contributed by atoms with E-state index < -0.39 is 16.0 Å². The third kappa shape index (κ3) is 4.42. The van der Waals surface area contributed by atoms with Gasteiger partial charge in [-0.3, -0.25) is 0 Å². The van der Waals surface area contributed by atoms with E-state index in [0.29, 0.717) is 10.4 Å². The Morgan fingerprint density at radius 3 is 2.59 bits per heavy atom. The maximum absolute atomic E-state index is 12.4. The van der Waals surface area contributed by atoms with Crippen LogP contribution in [0, 0.1) is 5.92 Å². The molecule has 6 nitrogen and oxygen atoms in total. The first-order valence-corrected chi connectivity index (χ1v) is 8.77. The van der Waals surface area contributed by atoms with Crippen LogP contribution >= 0.6 is 28.3 Å². The maximum atomic E-state index is 12.4. The number of esters is 1. The summed E-state index contributed by atoms with van der Waals surface area (Å²) in [5, 5.41) is 0. The zero-order chi connectivity index (χ0) is 15.6. The highest BCUT2D eigenvalue weighted by Gasteiger charge is 2.34. The highest BCUT2D eigenvalue weighted by molar-refractivity contribution is 9.10. The molecule has 0 aliphatic heterocycles. The molecule has 1 aromatic rings. The number of carbonyl (C=O) groups is 1. The van der Waals surface area contributed by atoms with Crippen molar-refractivity contribution >= 4 is 44.3 Å². The van der Waals surface area contributed by atoms with E-state index in [0.717, 1.165) is 12.8 Å². The topological polar surface area (TPSA) is 98.5 Å². The molecule has 1 aliphatic rings. The SMILES string of the molecule is COC(=O)c1ccc(S(=O)(=O)NC(CN)C2CC2)c(Br)c1.Cl. The van der Waals surface area contributed by atoms with Gasteiger partial charge in [-0.1, -0.05) is 0 Å². The van der Waals surface area contributed by atoms with E-state index >= 15 is 0 Å². The van der Waals surface area contributed by atoms with Gasteiger partial charge in [-0.25, -0.2) is 17.9 Å². The molecule has 0 spiro atoms. The van der Waals surface area contributed by atoms with Crippen molar-refractivity contribution in [3.63, 3.8) is 0 Å². The molecule has 0 bridgehead atoms. The van der Waals surface area contributed by atoms with E-state index in [1.807, 2.05) is 0 Å². The van der Waals surface area contributed by atoms with Crippen LogP contribution in [-0.2, 0) is 14.8 Å². The van der Waals surface area contributed by atoms with Gasteiger partial charge < -0.3 is 10.5 Å². The van der Waals surface area contributed by atoms with Gasteiger partial charge in [0.25, 0.3) is 0 Å². The summed E-state index contributed by atoms with van der Waals surface area (Å²) >= 11 is 3.19. The Hall–Kier alpha value is -0.670. The molecule has 1 aliphatic carbocycles. The Kier molecular flexibility index (Phi) is 6.82. The van der Waals surface area contributed by atoms with E-state index in [1.54, 1.807) is 0 Å². The lowest BCUT2D eigenvalue weighted by Crippen LogP contribution is -2.41. The molecule has 124 valence electrons. The first-order chi connectivity index (χ1) is 9.89. The summed E-state index contributed by atoms with van der Waals surface area (Å²) in [5.41, 5.74) is 5.90. The second-order valence-corrected chi connectivity index (χ2v) is 7.47. The molecule has 0 amide bonds. The normalized spacial score (nSPS) is 15.8. The van der Waals surface area contributed by atoms with Crippen molar-refractivity contribution < 1.29 is 17.9 Å². The number of rotatable bonds is 6. The molecule has 22 heavy (non-hydrogen) atoms. The number of nitrogens with one attached hydrogen (secondary N) is 1. The van der Waals surface area contributed by atoms with Crippen LogP contribution in [0.4, 0.5) is 0 Å². The lowest BCUT2D eigenvalue weighted by atomic mass is 10.2. The van der Waals surface area contributed by atoms with Gasteiger partial charge in [0.15, 0.2) is 0 Å². The third-order valence-electron chi connectivity index (χ3n) is 3.39. The molecule has 0 aromatic heterocycles. The van der Waals surface area contributed by atoms with Crippen molar-refractivity contribution in [2.24, 2.45) is 11.7 Å². The van der Waals surface area contributed by atoms with E-state index in [4.69, 9.17) is 5.73 Å². The molecular formula is C13H18BrClN2O4S. The smallest absolute Gasteiger partial charge is 0.337 e. The van der Waals surface area contributed by atoms with Crippen LogP contribution in [0.3, 0.4) is 0 Å². The van der Waals surface area contributed by atoms with Crippen LogP contribution in [0.2, 0.25) is 0 Å². The average molecular weight is 414 g/mol. The van der Waals surface area contributed by atoms with Crippen molar-refractivity contribution in [1.29, 1.82) is 0 Å². The van der Waals surface area contributed by atoms with Gasteiger partial charge in [0.05, 0.1) is 17.6 Å². The number of ether oxygens (including phenoxy) is 1. The highest BCUT2D eigenvalue weighted by atomic mass is 79.9. The zero-order valence-electron chi connectivity index (χ0n) is 11.9. The predicted molar refractivity (Wildman–Crippen MR) is 88.6 cm³/mol. The Bertz CT molecular complexity index is 649. The van der Waals surface area contributed by atoms with Gasteiger partial charge in [-0.2, -0.15) is 0 Å². The molecular weight excluding hydrogens is 396 g/mol. The monoisotopic (exact) mass is 412 g/mol. The number of methoxy groups -OCH3 is 1. The Balaban J connectivity index is 0.00000242. The van der Waals surface area contributed by atoms with Gasteiger partial charge >= 0.3 is 5.97 Å². The summed E-state index contributed by atoms with van der Waals surface area (Å²) in [6, 6.07) is 3.97. The summed E-state index contributed by atoms with van der Waals surface area (Å²) in [6.07, 6.45) is 1.99. The molecule has 9 heteroatoms. The van der Waals surface area contributed by atoms with Crippen molar-refractivity contribution in [2.45, 2.75) is 23.8 Å². The molecule has 1 saturated carbocycles. The molecule has 0 radical (unpaired) electrons. The van der Waals surface area contributed by atoms with E-state index in [2.05, 4.69) is 25.4 Å². The van der Waals surface area contributed by atoms with Crippen molar-refractivity contribution in [3.05, 3.63) is 28.2 Å². The third-order valence-corrected chi connectivity index (χ3v) is 5.86. The zero-order valence-corrected chi connectivity index (χ0v) is 15.1. The Morgan fingerprint density at radius 2 is 2.14 bits per heavy atom. The second-order valence-electron chi connectivity index (χ2n) is 4.94. The summed E-state index contributed by atoms with van der Waals surface area (Å²) in [4.78, 5) is 11.5. The number of carbonyl (C=O) groups excluding carboxylic acids is 1. The molecule has 1 unspecified atom stereocenters. The number of sulfonamides is 1. The molecule has 1 fully saturated rings. The second kappa shape index (κ2) is 7.74. The number of hydrogen-bond acceptors (Lipinski definition) is 5. The quantitative estimate of drug-likeness (QED) is 0.691. The van der Waals surface area contributed by atoms with Crippen molar-refractivity contribution in [2.75, 3.05) is 13.7 Å². The fraction of sp³-hybridized carbons (Fsp3) is 0.462. The molecule has 1 atom stereocenters. The minimum Gasteiger partial charge on any atom is -0.465 e. The van der Waals surface area contributed by atoms with E-state index in [-0.39, 0.29) is 35.5 Å². The summed E-state index contributed by atoms with van der Waals surface area (Å²) in [5.74, 6) is -0.205. The maximum Gasteiger partial charge on any atom is 0.337 e. The predicted octanol–water partition coefficient (Wildman–Crippen LogP) is 1.67. The lowest BCUT2D eigenvalue weighted by Gasteiger charge is -2.17. The lowest BCUT2D eigenvalue weighted by molar-refractivity contribution is 0.0600. The molecule has 0 heterocycles. The number of benzene rings is 1. The first kappa shape index (κ1) is 19.4.